The molecule has 0 saturated carbocycles. The Balaban J connectivity index is 2.36. The zero-order valence-corrected chi connectivity index (χ0v) is 13.7. The van der Waals surface area contributed by atoms with Gasteiger partial charge < -0.3 is 5.11 Å². The summed E-state index contributed by atoms with van der Waals surface area (Å²) in [6.07, 6.45) is 1.73. The van der Waals surface area contributed by atoms with Gasteiger partial charge in [-0.05, 0) is 39.3 Å². The molecule has 23 heavy (non-hydrogen) atoms. The Morgan fingerprint density at radius 3 is 2.39 bits per heavy atom. The lowest BCUT2D eigenvalue weighted by atomic mass is 10.0. The third kappa shape index (κ3) is 2.48. The van der Waals surface area contributed by atoms with Crippen molar-refractivity contribution < 1.29 is 9.90 Å². The Morgan fingerprint density at radius 1 is 1.13 bits per heavy atom. The first-order chi connectivity index (χ1) is 10.8. The summed E-state index contributed by atoms with van der Waals surface area (Å²) < 4.78 is 1.70. The molecular formula is C18H19N3O2. The van der Waals surface area contributed by atoms with Crippen LogP contribution in [0.4, 0.5) is 0 Å². The molecule has 2 aromatic heterocycles. The van der Waals surface area contributed by atoms with Gasteiger partial charge in [-0.3, -0.25) is 4.57 Å². The highest BCUT2D eigenvalue weighted by Crippen LogP contribution is 2.31. The zero-order chi connectivity index (χ0) is 16.8. The standard InChI is InChI=1S/C18H19N3O2/c1-11-5-7-13(8-6-11)15-20-14-9-12(2)10-19-16(14)21(15)18(3,4)17(22)23/h5-10H,1-4H3,(H,22,23). The number of rotatable bonds is 3. The number of hydrogen-bond acceptors (Lipinski definition) is 3. The van der Waals surface area contributed by atoms with E-state index in [2.05, 4.69) is 9.97 Å². The molecule has 0 bridgehead atoms. The predicted octanol–water partition coefficient (Wildman–Crippen LogP) is 3.53. The van der Waals surface area contributed by atoms with Gasteiger partial charge in [0.1, 0.15) is 16.9 Å². The number of nitrogens with zero attached hydrogens (tertiary/aromatic N) is 3. The average Bonchev–Trinajstić information content (AvgIpc) is 2.86. The molecule has 0 amide bonds. The van der Waals surface area contributed by atoms with Crippen molar-refractivity contribution >= 4 is 17.1 Å². The van der Waals surface area contributed by atoms with Crippen molar-refractivity contribution in [1.29, 1.82) is 0 Å². The van der Waals surface area contributed by atoms with Crippen LogP contribution in [0.25, 0.3) is 22.6 Å². The molecule has 0 spiro atoms. The largest absolute Gasteiger partial charge is 0.480 e. The fraction of sp³-hybridized carbons (Fsp3) is 0.278. The molecule has 3 aromatic rings. The van der Waals surface area contributed by atoms with Crippen LogP contribution in [0.15, 0.2) is 36.5 Å². The summed E-state index contributed by atoms with van der Waals surface area (Å²) in [4.78, 5) is 20.9. The fourth-order valence-corrected chi connectivity index (χ4v) is 2.59. The lowest BCUT2D eigenvalue weighted by molar-refractivity contribution is -0.145. The van der Waals surface area contributed by atoms with E-state index in [1.54, 1.807) is 24.6 Å². The summed E-state index contributed by atoms with van der Waals surface area (Å²) in [7, 11) is 0. The van der Waals surface area contributed by atoms with Crippen molar-refractivity contribution in [2.24, 2.45) is 0 Å². The lowest BCUT2D eigenvalue weighted by Crippen LogP contribution is -2.36. The average molecular weight is 309 g/mol. The molecule has 0 fully saturated rings. The highest BCUT2D eigenvalue weighted by atomic mass is 16.4. The number of aryl methyl sites for hydroxylation is 2. The van der Waals surface area contributed by atoms with Crippen LogP contribution in [0.1, 0.15) is 25.0 Å². The highest BCUT2D eigenvalue weighted by Gasteiger charge is 2.34. The molecular weight excluding hydrogens is 290 g/mol. The third-order valence-electron chi connectivity index (χ3n) is 4.03. The second-order valence-electron chi connectivity index (χ2n) is 6.36. The van der Waals surface area contributed by atoms with E-state index < -0.39 is 11.5 Å². The fourth-order valence-electron chi connectivity index (χ4n) is 2.59. The normalized spacial score (nSPS) is 11.8. The summed E-state index contributed by atoms with van der Waals surface area (Å²) in [5.41, 5.74) is 3.14. The van der Waals surface area contributed by atoms with Gasteiger partial charge in [0.15, 0.2) is 5.65 Å². The summed E-state index contributed by atoms with van der Waals surface area (Å²) >= 11 is 0. The van der Waals surface area contributed by atoms with Crippen molar-refractivity contribution in [1.82, 2.24) is 14.5 Å². The molecule has 3 rings (SSSR count). The summed E-state index contributed by atoms with van der Waals surface area (Å²) in [5.74, 6) is -0.307. The molecule has 0 aliphatic carbocycles. The van der Waals surface area contributed by atoms with Crippen LogP contribution >= 0.6 is 0 Å². The molecule has 0 saturated heterocycles. The van der Waals surface area contributed by atoms with Crippen molar-refractivity contribution in [3.63, 3.8) is 0 Å². The zero-order valence-electron chi connectivity index (χ0n) is 13.7. The smallest absolute Gasteiger partial charge is 0.329 e. The maximum atomic E-state index is 11.8. The second-order valence-corrected chi connectivity index (χ2v) is 6.36. The lowest BCUT2D eigenvalue weighted by Gasteiger charge is -2.24. The Bertz CT molecular complexity index is 893. The molecule has 1 N–H and O–H groups in total. The third-order valence-corrected chi connectivity index (χ3v) is 4.03. The first-order valence-electron chi connectivity index (χ1n) is 7.46. The van der Waals surface area contributed by atoms with E-state index in [4.69, 9.17) is 0 Å². The van der Waals surface area contributed by atoms with Crippen LogP contribution in [0.3, 0.4) is 0 Å². The van der Waals surface area contributed by atoms with Gasteiger partial charge in [-0.15, -0.1) is 0 Å². The van der Waals surface area contributed by atoms with Crippen LogP contribution < -0.4 is 0 Å². The number of pyridine rings is 1. The van der Waals surface area contributed by atoms with Crippen LogP contribution in [0.5, 0.6) is 0 Å². The number of carbonyl (C=O) groups is 1. The molecule has 0 atom stereocenters. The monoisotopic (exact) mass is 309 g/mol. The molecule has 1 aromatic carbocycles. The van der Waals surface area contributed by atoms with Crippen LogP contribution in [0, 0.1) is 13.8 Å². The number of fused-ring (bicyclic) bond motifs is 1. The van der Waals surface area contributed by atoms with E-state index in [9.17, 15) is 9.90 Å². The molecule has 5 heteroatoms. The maximum absolute atomic E-state index is 11.8. The van der Waals surface area contributed by atoms with Gasteiger partial charge in [-0.25, -0.2) is 14.8 Å². The van der Waals surface area contributed by atoms with Gasteiger partial charge in [0.25, 0.3) is 0 Å². The highest BCUT2D eigenvalue weighted by molar-refractivity contribution is 5.84. The second kappa shape index (κ2) is 5.19. The predicted molar refractivity (Wildman–Crippen MR) is 89.4 cm³/mol. The molecule has 118 valence electrons. The van der Waals surface area contributed by atoms with E-state index in [1.165, 1.54) is 0 Å². The number of hydrogen-bond donors (Lipinski definition) is 1. The Morgan fingerprint density at radius 2 is 1.78 bits per heavy atom. The SMILES string of the molecule is Cc1ccc(-c2nc3cc(C)cnc3n2C(C)(C)C(=O)O)cc1. The summed E-state index contributed by atoms with van der Waals surface area (Å²) in [6, 6.07) is 9.82. The van der Waals surface area contributed by atoms with Gasteiger partial charge >= 0.3 is 5.97 Å². The minimum absolute atomic E-state index is 0.582. The van der Waals surface area contributed by atoms with Gasteiger partial charge in [-0.2, -0.15) is 0 Å². The van der Waals surface area contributed by atoms with E-state index in [0.29, 0.717) is 17.0 Å². The van der Waals surface area contributed by atoms with Gasteiger partial charge in [0.05, 0.1) is 0 Å². The molecule has 0 unspecified atom stereocenters. The molecule has 2 heterocycles. The van der Waals surface area contributed by atoms with Crippen molar-refractivity contribution in [3.05, 3.63) is 47.7 Å². The number of benzene rings is 1. The van der Waals surface area contributed by atoms with E-state index in [1.807, 2.05) is 44.2 Å². The summed E-state index contributed by atoms with van der Waals surface area (Å²) in [5, 5.41) is 9.67. The van der Waals surface area contributed by atoms with Crippen LogP contribution in [-0.2, 0) is 10.3 Å². The first-order valence-corrected chi connectivity index (χ1v) is 7.46. The van der Waals surface area contributed by atoms with E-state index >= 15 is 0 Å². The molecule has 0 aliphatic rings. The maximum Gasteiger partial charge on any atom is 0.329 e. The Kier molecular flexibility index (Phi) is 3.43. The first kappa shape index (κ1) is 15.2. The van der Waals surface area contributed by atoms with Crippen LogP contribution in [-0.4, -0.2) is 25.6 Å². The van der Waals surface area contributed by atoms with E-state index in [0.717, 1.165) is 16.7 Å². The number of aliphatic carboxylic acids is 1. The van der Waals surface area contributed by atoms with Gasteiger partial charge in [0, 0.05) is 11.8 Å². The number of imidazole rings is 1. The topological polar surface area (TPSA) is 68.0 Å². The van der Waals surface area contributed by atoms with Crippen molar-refractivity contribution in [2.75, 3.05) is 0 Å². The Labute approximate surface area is 134 Å². The van der Waals surface area contributed by atoms with Crippen LogP contribution in [0.2, 0.25) is 0 Å². The van der Waals surface area contributed by atoms with Gasteiger partial charge in [0.2, 0.25) is 0 Å². The number of aromatic nitrogens is 3. The van der Waals surface area contributed by atoms with Crippen molar-refractivity contribution in [3.8, 4) is 11.4 Å². The number of carboxylic acid groups (broad SMARTS) is 1. The van der Waals surface area contributed by atoms with Crippen molar-refractivity contribution in [2.45, 2.75) is 33.2 Å². The molecule has 0 radical (unpaired) electrons. The minimum atomic E-state index is -1.16. The molecule has 0 aliphatic heterocycles. The minimum Gasteiger partial charge on any atom is -0.480 e. The van der Waals surface area contributed by atoms with Gasteiger partial charge in [-0.1, -0.05) is 29.8 Å². The summed E-state index contributed by atoms with van der Waals surface area (Å²) in [6.45, 7) is 7.28. The quantitative estimate of drug-likeness (QED) is 0.803. The molecule has 5 nitrogen and oxygen atoms in total. The number of carboxylic acids is 1. The van der Waals surface area contributed by atoms with E-state index in [-0.39, 0.29) is 0 Å². The Hall–Kier alpha value is -2.69.